The molecule has 2 atom stereocenters. The molecule has 1 N–H and O–H groups in total. The van der Waals surface area contributed by atoms with Gasteiger partial charge in [0, 0.05) is 19.7 Å². The number of aliphatic hydroxyl groups is 1. The van der Waals surface area contributed by atoms with Crippen molar-refractivity contribution in [2.24, 2.45) is 0 Å². The summed E-state index contributed by atoms with van der Waals surface area (Å²) in [5.41, 5.74) is 0.118. The van der Waals surface area contributed by atoms with Crippen molar-refractivity contribution in [2.45, 2.75) is 32.4 Å². The minimum Gasteiger partial charge on any atom is -0.384 e. The molecule has 1 aromatic rings. The van der Waals surface area contributed by atoms with Gasteiger partial charge < -0.3 is 9.84 Å². The Morgan fingerprint density at radius 2 is 1.94 bits per heavy atom. The van der Waals surface area contributed by atoms with Gasteiger partial charge in [-0.1, -0.05) is 37.3 Å². The van der Waals surface area contributed by atoms with E-state index in [0.29, 0.717) is 19.2 Å². The van der Waals surface area contributed by atoms with E-state index < -0.39 is 5.60 Å². The van der Waals surface area contributed by atoms with Crippen molar-refractivity contribution in [3.63, 3.8) is 0 Å². The molecule has 0 radical (unpaired) electrons. The first-order valence-electron chi connectivity index (χ1n) is 6.52. The summed E-state index contributed by atoms with van der Waals surface area (Å²) in [6, 6.07) is 10.1. The molecule has 0 saturated heterocycles. The molecule has 0 amide bonds. The summed E-state index contributed by atoms with van der Waals surface area (Å²) < 4.78 is 5.18. The molecule has 1 rings (SSSR count). The van der Waals surface area contributed by atoms with Crippen LogP contribution in [0.2, 0.25) is 0 Å². The van der Waals surface area contributed by atoms with E-state index in [1.807, 2.05) is 37.3 Å². The molecule has 0 bridgehead atoms. The van der Waals surface area contributed by atoms with E-state index in [0.717, 1.165) is 12.1 Å². The van der Waals surface area contributed by atoms with Crippen molar-refractivity contribution < 1.29 is 9.84 Å². The van der Waals surface area contributed by atoms with Crippen LogP contribution in [0.4, 0.5) is 0 Å². The van der Waals surface area contributed by atoms with Crippen molar-refractivity contribution in [1.82, 2.24) is 4.90 Å². The zero-order chi connectivity index (χ0) is 13.6. The minimum absolute atomic E-state index is 0.301. The molecule has 0 spiro atoms. The summed E-state index contributed by atoms with van der Waals surface area (Å²) in [6.07, 6.45) is 0. The van der Waals surface area contributed by atoms with Gasteiger partial charge in [-0.3, -0.25) is 4.90 Å². The molecule has 0 aliphatic rings. The first-order chi connectivity index (χ1) is 8.51. The molecule has 0 fully saturated rings. The third kappa shape index (κ3) is 4.09. The number of benzene rings is 1. The fraction of sp³-hybridized carbons (Fsp3) is 0.600. The van der Waals surface area contributed by atoms with Crippen LogP contribution in [0.1, 0.15) is 26.3 Å². The minimum atomic E-state index is -0.834. The molecule has 102 valence electrons. The highest BCUT2D eigenvalue weighted by atomic mass is 16.5. The van der Waals surface area contributed by atoms with Gasteiger partial charge in [0.1, 0.15) is 0 Å². The van der Waals surface area contributed by atoms with Crippen molar-refractivity contribution in [1.29, 1.82) is 0 Å². The summed E-state index contributed by atoms with van der Waals surface area (Å²) in [4.78, 5) is 2.23. The lowest BCUT2D eigenvalue weighted by molar-refractivity contribution is -0.00612. The molecule has 18 heavy (non-hydrogen) atoms. The van der Waals surface area contributed by atoms with Crippen molar-refractivity contribution in [3.8, 4) is 0 Å². The molecule has 3 nitrogen and oxygen atoms in total. The average molecular weight is 251 g/mol. The summed E-state index contributed by atoms with van der Waals surface area (Å²) >= 11 is 0. The van der Waals surface area contributed by atoms with Gasteiger partial charge in [0.2, 0.25) is 0 Å². The van der Waals surface area contributed by atoms with Gasteiger partial charge in [-0.2, -0.15) is 0 Å². The SMILES string of the molecule is CCN(CC(C)(O)c1ccccc1)C(C)COC. The maximum Gasteiger partial charge on any atom is 0.0994 e. The lowest BCUT2D eigenvalue weighted by atomic mass is 9.95. The molecule has 0 heterocycles. The van der Waals surface area contributed by atoms with Crippen LogP contribution in [-0.2, 0) is 10.3 Å². The van der Waals surface area contributed by atoms with Gasteiger partial charge in [-0.25, -0.2) is 0 Å². The molecule has 3 heteroatoms. The Morgan fingerprint density at radius 3 is 2.44 bits per heavy atom. The number of hydrogen-bond acceptors (Lipinski definition) is 3. The van der Waals surface area contributed by atoms with Crippen molar-refractivity contribution in [2.75, 3.05) is 26.8 Å². The van der Waals surface area contributed by atoms with Gasteiger partial charge in [0.05, 0.1) is 12.2 Å². The molecular weight excluding hydrogens is 226 g/mol. The molecule has 0 aromatic heterocycles. The number of methoxy groups -OCH3 is 1. The van der Waals surface area contributed by atoms with Gasteiger partial charge in [0.15, 0.2) is 0 Å². The summed E-state index contributed by atoms with van der Waals surface area (Å²) in [7, 11) is 1.71. The Hall–Kier alpha value is -0.900. The lowest BCUT2D eigenvalue weighted by Crippen LogP contribution is -2.44. The molecule has 1 aromatic carbocycles. The van der Waals surface area contributed by atoms with Gasteiger partial charge in [0.25, 0.3) is 0 Å². The van der Waals surface area contributed by atoms with Crippen LogP contribution in [0.5, 0.6) is 0 Å². The highest BCUT2D eigenvalue weighted by Crippen LogP contribution is 2.22. The highest BCUT2D eigenvalue weighted by Gasteiger charge is 2.27. The molecule has 0 aliphatic carbocycles. The van der Waals surface area contributed by atoms with Crippen LogP contribution >= 0.6 is 0 Å². The number of nitrogens with zero attached hydrogens (tertiary/aromatic N) is 1. The van der Waals surface area contributed by atoms with Crippen LogP contribution in [0.15, 0.2) is 30.3 Å². The van der Waals surface area contributed by atoms with E-state index in [-0.39, 0.29) is 0 Å². The Kier molecular flexibility index (Phi) is 5.79. The smallest absolute Gasteiger partial charge is 0.0994 e. The van der Waals surface area contributed by atoms with Crippen LogP contribution in [-0.4, -0.2) is 42.9 Å². The summed E-state index contributed by atoms with van der Waals surface area (Å²) in [5.74, 6) is 0. The highest BCUT2D eigenvalue weighted by molar-refractivity contribution is 5.21. The topological polar surface area (TPSA) is 32.7 Å². The quantitative estimate of drug-likeness (QED) is 0.807. The van der Waals surface area contributed by atoms with E-state index in [1.165, 1.54) is 0 Å². The second kappa shape index (κ2) is 6.88. The number of rotatable bonds is 7. The maximum absolute atomic E-state index is 10.6. The predicted molar refractivity (Wildman–Crippen MR) is 74.6 cm³/mol. The Labute approximate surface area is 110 Å². The largest absolute Gasteiger partial charge is 0.384 e. The second-order valence-corrected chi connectivity index (χ2v) is 5.01. The van der Waals surface area contributed by atoms with Gasteiger partial charge in [-0.15, -0.1) is 0 Å². The van der Waals surface area contributed by atoms with E-state index in [2.05, 4.69) is 18.7 Å². The predicted octanol–water partition coefficient (Wildman–Crippen LogP) is 2.25. The maximum atomic E-state index is 10.6. The molecule has 0 saturated carbocycles. The van der Waals surface area contributed by atoms with E-state index in [9.17, 15) is 5.11 Å². The monoisotopic (exact) mass is 251 g/mol. The lowest BCUT2D eigenvalue weighted by Gasteiger charge is -2.34. The first kappa shape index (κ1) is 15.2. The normalized spacial score (nSPS) is 16.6. The fourth-order valence-electron chi connectivity index (χ4n) is 2.21. The van der Waals surface area contributed by atoms with Crippen molar-refractivity contribution in [3.05, 3.63) is 35.9 Å². The van der Waals surface area contributed by atoms with Crippen LogP contribution in [0.25, 0.3) is 0 Å². The molecule has 0 aliphatic heterocycles. The first-order valence-corrected chi connectivity index (χ1v) is 6.52. The van der Waals surface area contributed by atoms with Crippen LogP contribution < -0.4 is 0 Å². The third-order valence-corrected chi connectivity index (χ3v) is 3.34. The number of ether oxygens (including phenoxy) is 1. The summed E-state index contributed by atoms with van der Waals surface area (Å²) in [6.45, 7) is 8.27. The van der Waals surface area contributed by atoms with Crippen LogP contribution in [0, 0.1) is 0 Å². The third-order valence-electron chi connectivity index (χ3n) is 3.34. The van der Waals surface area contributed by atoms with E-state index in [4.69, 9.17) is 4.74 Å². The van der Waals surface area contributed by atoms with Crippen LogP contribution in [0.3, 0.4) is 0 Å². The zero-order valence-corrected chi connectivity index (χ0v) is 11.9. The van der Waals surface area contributed by atoms with Gasteiger partial charge >= 0.3 is 0 Å². The molecule has 2 unspecified atom stereocenters. The Balaban J connectivity index is 2.74. The average Bonchev–Trinajstić information content (AvgIpc) is 2.37. The van der Waals surface area contributed by atoms with E-state index >= 15 is 0 Å². The second-order valence-electron chi connectivity index (χ2n) is 5.01. The van der Waals surface area contributed by atoms with Crippen molar-refractivity contribution >= 4 is 0 Å². The molecular formula is C15H25NO2. The Bertz CT molecular complexity index is 338. The Morgan fingerprint density at radius 1 is 1.33 bits per heavy atom. The zero-order valence-electron chi connectivity index (χ0n) is 11.9. The number of hydrogen-bond donors (Lipinski definition) is 1. The fourth-order valence-corrected chi connectivity index (χ4v) is 2.21. The summed E-state index contributed by atoms with van der Waals surface area (Å²) in [5, 5.41) is 10.6. The standard InChI is InChI=1S/C15H25NO2/c1-5-16(13(2)11-18-4)12-15(3,17)14-9-7-6-8-10-14/h6-10,13,17H,5,11-12H2,1-4H3. The van der Waals surface area contributed by atoms with Gasteiger partial charge in [-0.05, 0) is 26.0 Å². The number of likely N-dealkylation sites (N-methyl/N-ethyl adjacent to an activating group) is 1. The van der Waals surface area contributed by atoms with E-state index in [1.54, 1.807) is 7.11 Å².